The van der Waals surface area contributed by atoms with Crippen LogP contribution in [0.15, 0.2) is 72.8 Å². The molecule has 2 aromatic rings. The van der Waals surface area contributed by atoms with Crippen LogP contribution >= 0.6 is 11.6 Å². The monoisotopic (exact) mass is 402 g/mol. The van der Waals surface area contributed by atoms with Crippen LogP contribution in [0.3, 0.4) is 0 Å². The van der Waals surface area contributed by atoms with Crippen LogP contribution in [0.1, 0.15) is 20.7 Å². The first-order chi connectivity index (χ1) is 13.4. The van der Waals surface area contributed by atoms with Gasteiger partial charge in [-0.15, -0.1) is 11.6 Å². The SMILES string of the molecule is O=C(OCC1(O)C(Cl)C=CC(OC(=O)c2ccccc2)C1O)c1ccccc1. The predicted octanol–water partition coefficient (Wildman–Crippen LogP) is 2.34. The largest absolute Gasteiger partial charge is 0.459 e. The fraction of sp³-hybridized carbons (Fsp3) is 0.238. The number of aliphatic hydroxyl groups excluding tert-OH is 1. The highest BCUT2D eigenvalue weighted by molar-refractivity contribution is 6.22. The van der Waals surface area contributed by atoms with Crippen LogP contribution in [-0.4, -0.2) is 51.9 Å². The molecule has 2 aromatic carbocycles. The summed E-state index contributed by atoms with van der Waals surface area (Å²) in [7, 11) is 0. The number of esters is 2. The lowest BCUT2D eigenvalue weighted by atomic mass is 9.84. The fourth-order valence-electron chi connectivity index (χ4n) is 2.80. The zero-order chi connectivity index (χ0) is 20.1. The van der Waals surface area contributed by atoms with Crippen molar-refractivity contribution in [3.05, 3.63) is 83.9 Å². The molecule has 0 fully saturated rings. The molecule has 0 heterocycles. The molecule has 0 aromatic heterocycles. The molecule has 0 saturated heterocycles. The second-order valence-corrected chi connectivity index (χ2v) is 6.87. The maximum Gasteiger partial charge on any atom is 0.338 e. The van der Waals surface area contributed by atoms with E-state index in [0.29, 0.717) is 11.1 Å². The van der Waals surface area contributed by atoms with Crippen LogP contribution in [0.4, 0.5) is 0 Å². The van der Waals surface area contributed by atoms with Gasteiger partial charge in [0.1, 0.15) is 24.4 Å². The van der Waals surface area contributed by atoms with Gasteiger partial charge in [-0.25, -0.2) is 9.59 Å². The van der Waals surface area contributed by atoms with E-state index in [1.807, 2.05) is 0 Å². The highest BCUT2D eigenvalue weighted by Crippen LogP contribution is 2.31. The Morgan fingerprint density at radius 3 is 2.04 bits per heavy atom. The molecule has 1 aliphatic carbocycles. The lowest BCUT2D eigenvalue weighted by Crippen LogP contribution is -2.60. The number of hydrogen-bond donors (Lipinski definition) is 2. The number of hydrogen-bond acceptors (Lipinski definition) is 6. The molecule has 1 aliphatic rings. The van der Waals surface area contributed by atoms with Gasteiger partial charge in [-0.2, -0.15) is 0 Å². The fourth-order valence-corrected chi connectivity index (χ4v) is 3.08. The summed E-state index contributed by atoms with van der Waals surface area (Å²) in [5, 5.41) is 20.4. The summed E-state index contributed by atoms with van der Waals surface area (Å²) in [4.78, 5) is 24.4. The van der Waals surface area contributed by atoms with E-state index in [9.17, 15) is 19.8 Å². The quantitative estimate of drug-likeness (QED) is 0.453. The first-order valence-electron chi connectivity index (χ1n) is 8.63. The lowest BCUT2D eigenvalue weighted by Gasteiger charge is -2.40. The van der Waals surface area contributed by atoms with Crippen molar-refractivity contribution >= 4 is 23.5 Å². The molecule has 146 valence electrons. The van der Waals surface area contributed by atoms with Crippen molar-refractivity contribution < 1.29 is 29.3 Å². The normalized spacial score (nSPS) is 26.5. The second-order valence-electron chi connectivity index (χ2n) is 6.40. The number of alkyl halides is 1. The van der Waals surface area contributed by atoms with Gasteiger partial charge in [0, 0.05) is 0 Å². The Bertz CT molecular complexity index is 854. The van der Waals surface area contributed by atoms with Crippen LogP contribution in [0.2, 0.25) is 0 Å². The maximum absolute atomic E-state index is 12.2. The molecule has 0 aliphatic heterocycles. The Morgan fingerprint density at radius 2 is 1.46 bits per heavy atom. The van der Waals surface area contributed by atoms with Gasteiger partial charge in [0.2, 0.25) is 0 Å². The topological polar surface area (TPSA) is 93.1 Å². The molecule has 4 atom stereocenters. The standard InChI is InChI=1S/C21H19ClO6/c22-17-12-11-16(28-20(25)15-9-5-2-6-10-15)18(23)21(17,26)13-27-19(24)14-7-3-1-4-8-14/h1-12,16-18,23,26H,13H2. The Hall–Kier alpha value is -2.67. The van der Waals surface area contributed by atoms with Gasteiger partial charge in [-0.3, -0.25) is 0 Å². The smallest absolute Gasteiger partial charge is 0.338 e. The van der Waals surface area contributed by atoms with Crippen molar-refractivity contribution in [1.82, 2.24) is 0 Å². The molecular weight excluding hydrogens is 384 g/mol. The summed E-state index contributed by atoms with van der Waals surface area (Å²) >= 11 is 6.14. The number of carbonyl (C=O) groups excluding carboxylic acids is 2. The van der Waals surface area contributed by atoms with E-state index in [4.69, 9.17) is 21.1 Å². The van der Waals surface area contributed by atoms with Crippen LogP contribution in [-0.2, 0) is 9.47 Å². The van der Waals surface area contributed by atoms with Gasteiger partial charge in [0.15, 0.2) is 0 Å². The summed E-state index contributed by atoms with van der Waals surface area (Å²) in [5.74, 6) is -1.33. The summed E-state index contributed by atoms with van der Waals surface area (Å²) < 4.78 is 10.4. The van der Waals surface area contributed by atoms with Gasteiger partial charge in [0.25, 0.3) is 0 Å². The first kappa shape index (κ1) is 20.1. The predicted molar refractivity (Wildman–Crippen MR) is 102 cm³/mol. The van der Waals surface area contributed by atoms with E-state index < -0.39 is 41.7 Å². The van der Waals surface area contributed by atoms with E-state index in [1.165, 1.54) is 12.2 Å². The molecular formula is C21H19ClO6. The van der Waals surface area contributed by atoms with Gasteiger partial charge in [-0.05, 0) is 30.3 Å². The average molecular weight is 403 g/mol. The van der Waals surface area contributed by atoms with E-state index in [-0.39, 0.29) is 0 Å². The number of aliphatic hydroxyl groups is 2. The third-order valence-corrected chi connectivity index (χ3v) is 4.99. The summed E-state index contributed by atoms with van der Waals surface area (Å²) in [6.07, 6.45) is 0.0592. The zero-order valence-corrected chi connectivity index (χ0v) is 15.5. The third kappa shape index (κ3) is 4.25. The Kier molecular flexibility index (Phi) is 6.14. The minimum atomic E-state index is -2.03. The zero-order valence-electron chi connectivity index (χ0n) is 14.8. The minimum Gasteiger partial charge on any atom is -0.459 e. The number of rotatable bonds is 5. The highest BCUT2D eigenvalue weighted by Gasteiger charge is 2.50. The van der Waals surface area contributed by atoms with Crippen LogP contribution in [0.25, 0.3) is 0 Å². The molecule has 4 unspecified atom stereocenters. The summed E-state index contributed by atoms with van der Waals surface area (Å²) in [6.45, 7) is -0.570. The van der Waals surface area contributed by atoms with Crippen molar-refractivity contribution in [3.8, 4) is 0 Å². The van der Waals surface area contributed by atoms with Crippen molar-refractivity contribution in [2.45, 2.75) is 23.2 Å². The van der Waals surface area contributed by atoms with Gasteiger partial charge < -0.3 is 19.7 Å². The van der Waals surface area contributed by atoms with Gasteiger partial charge in [0.05, 0.1) is 16.5 Å². The van der Waals surface area contributed by atoms with Crippen molar-refractivity contribution in [2.75, 3.05) is 6.61 Å². The van der Waals surface area contributed by atoms with Crippen LogP contribution in [0, 0.1) is 0 Å². The third-order valence-electron chi connectivity index (χ3n) is 4.47. The van der Waals surface area contributed by atoms with Crippen molar-refractivity contribution in [1.29, 1.82) is 0 Å². The maximum atomic E-state index is 12.2. The number of halogens is 1. The molecule has 0 radical (unpaired) electrons. The lowest BCUT2D eigenvalue weighted by molar-refractivity contribution is -0.140. The van der Waals surface area contributed by atoms with Gasteiger partial charge >= 0.3 is 11.9 Å². The molecule has 6 nitrogen and oxygen atoms in total. The summed E-state index contributed by atoms with van der Waals surface area (Å²) in [5.41, 5.74) is -1.43. The molecule has 2 N–H and O–H groups in total. The van der Waals surface area contributed by atoms with E-state index in [0.717, 1.165) is 0 Å². The molecule has 0 spiro atoms. The molecule has 28 heavy (non-hydrogen) atoms. The number of carbonyl (C=O) groups is 2. The van der Waals surface area contributed by atoms with Crippen LogP contribution < -0.4 is 0 Å². The second kappa shape index (κ2) is 8.56. The molecule has 3 rings (SSSR count). The number of ether oxygens (including phenoxy) is 2. The highest BCUT2D eigenvalue weighted by atomic mass is 35.5. The minimum absolute atomic E-state index is 0.296. The number of benzene rings is 2. The Labute approximate surface area is 167 Å². The van der Waals surface area contributed by atoms with Crippen LogP contribution in [0.5, 0.6) is 0 Å². The summed E-state index contributed by atoms with van der Waals surface area (Å²) in [6, 6.07) is 16.5. The molecule has 0 bridgehead atoms. The molecule has 0 amide bonds. The first-order valence-corrected chi connectivity index (χ1v) is 9.06. The van der Waals surface area contributed by atoms with Crippen molar-refractivity contribution in [2.24, 2.45) is 0 Å². The van der Waals surface area contributed by atoms with Crippen molar-refractivity contribution in [3.63, 3.8) is 0 Å². The average Bonchev–Trinajstić information content (AvgIpc) is 2.74. The molecule has 7 heteroatoms. The Morgan fingerprint density at radius 1 is 0.929 bits per heavy atom. The van der Waals surface area contributed by atoms with Gasteiger partial charge in [-0.1, -0.05) is 42.5 Å². The van der Waals surface area contributed by atoms with E-state index >= 15 is 0 Å². The van der Waals surface area contributed by atoms with E-state index in [1.54, 1.807) is 60.7 Å². The Balaban J connectivity index is 1.69. The van der Waals surface area contributed by atoms with E-state index in [2.05, 4.69) is 0 Å². The molecule has 0 saturated carbocycles.